The van der Waals surface area contributed by atoms with Gasteiger partial charge in [-0.15, -0.1) is 0 Å². The summed E-state index contributed by atoms with van der Waals surface area (Å²) in [4.78, 5) is 30.1. The average Bonchev–Trinajstić information content (AvgIpc) is 3.65. The summed E-state index contributed by atoms with van der Waals surface area (Å²) in [5.41, 5.74) is 9.06. The third-order valence-electron chi connectivity index (χ3n) is 9.63. The van der Waals surface area contributed by atoms with Gasteiger partial charge in [-0.1, -0.05) is 164 Å². The summed E-state index contributed by atoms with van der Waals surface area (Å²) in [7, 11) is 0. The van der Waals surface area contributed by atoms with Gasteiger partial charge in [-0.2, -0.15) is 0 Å². The highest BCUT2D eigenvalue weighted by Crippen LogP contribution is 2.35. The Morgan fingerprint density at radius 1 is 0.255 bits per heavy atom. The molecule has 7 nitrogen and oxygen atoms in total. The van der Waals surface area contributed by atoms with E-state index in [-0.39, 0.29) is 0 Å². The van der Waals surface area contributed by atoms with E-state index in [0.717, 1.165) is 66.4 Å². The average molecular weight is 707 g/mol. The van der Waals surface area contributed by atoms with Gasteiger partial charge in [-0.05, 0) is 29.3 Å². The van der Waals surface area contributed by atoms with E-state index in [4.69, 9.17) is 34.3 Å². The number of benzene rings is 7. The minimum atomic E-state index is 0.517. The first-order valence-corrected chi connectivity index (χ1v) is 18.0. The van der Waals surface area contributed by atoms with Crippen molar-refractivity contribution < 1.29 is 4.42 Å². The van der Waals surface area contributed by atoms with Crippen LogP contribution in [0.1, 0.15) is 0 Å². The number of hydrogen-bond acceptors (Lipinski definition) is 7. The molecule has 0 N–H and O–H groups in total. The lowest BCUT2D eigenvalue weighted by Gasteiger charge is -2.13. The van der Waals surface area contributed by atoms with Crippen LogP contribution < -0.4 is 0 Å². The lowest BCUT2D eigenvalue weighted by molar-refractivity contribution is 0.669. The normalized spacial score (nSPS) is 11.3. The van der Waals surface area contributed by atoms with Crippen molar-refractivity contribution in [2.24, 2.45) is 0 Å². The second kappa shape index (κ2) is 13.7. The van der Waals surface area contributed by atoms with Gasteiger partial charge in [0, 0.05) is 44.2 Å². The summed E-state index contributed by atoms with van der Waals surface area (Å²) in [6.07, 6.45) is 0. The van der Waals surface area contributed by atoms with E-state index in [1.54, 1.807) is 0 Å². The van der Waals surface area contributed by atoms with E-state index in [2.05, 4.69) is 42.5 Å². The van der Waals surface area contributed by atoms with E-state index >= 15 is 0 Å². The van der Waals surface area contributed by atoms with Crippen LogP contribution in [0.2, 0.25) is 0 Å². The van der Waals surface area contributed by atoms with Crippen LogP contribution in [0.25, 0.3) is 101 Å². The molecule has 10 aromatic rings. The van der Waals surface area contributed by atoms with E-state index in [1.165, 1.54) is 0 Å². The van der Waals surface area contributed by atoms with Crippen molar-refractivity contribution in [3.05, 3.63) is 182 Å². The molecule has 7 heteroatoms. The molecule has 258 valence electrons. The molecule has 3 heterocycles. The maximum absolute atomic E-state index is 6.07. The van der Waals surface area contributed by atoms with Gasteiger partial charge in [0.15, 0.2) is 34.9 Å². The predicted molar refractivity (Wildman–Crippen MR) is 219 cm³/mol. The van der Waals surface area contributed by atoms with Crippen molar-refractivity contribution in [3.8, 4) is 79.5 Å². The molecule has 7 aromatic carbocycles. The second-order valence-corrected chi connectivity index (χ2v) is 13.1. The van der Waals surface area contributed by atoms with Gasteiger partial charge >= 0.3 is 0 Å². The zero-order chi connectivity index (χ0) is 36.6. The van der Waals surface area contributed by atoms with Crippen LogP contribution in [0.4, 0.5) is 0 Å². The summed E-state index contributed by atoms with van der Waals surface area (Å²) in [6, 6.07) is 60.7. The molecule has 0 fully saturated rings. The molecule has 0 amide bonds. The molecule has 0 atom stereocenters. The largest absolute Gasteiger partial charge is 0.456 e. The van der Waals surface area contributed by atoms with Crippen molar-refractivity contribution in [2.45, 2.75) is 0 Å². The second-order valence-electron chi connectivity index (χ2n) is 13.1. The van der Waals surface area contributed by atoms with E-state index < -0.39 is 0 Å². The summed E-state index contributed by atoms with van der Waals surface area (Å²) in [6.45, 7) is 0. The van der Waals surface area contributed by atoms with Crippen LogP contribution in [-0.4, -0.2) is 29.9 Å². The third-order valence-corrected chi connectivity index (χ3v) is 9.63. The minimum absolute atomic E-state index is 0.517. The summed E-state index contributed by atoms with van der Waals surface area (Å²) < 4.78 is 6.07. The molecule has 0 aliphatic carbocycles. The van der Waals surface area contributed by atoms with Gasteiger partial charge in [-0.3, -0.25) is 0 Å². The number of hydrogen-bond donors (Lipinski definition) is 0. The number of nitrogens with zero attached hydrogens (tertiary/aromatic N) is 6. The topological polar surface area (TPSA) is 90.5 Å². The summed E-state index contributed by atoms with van der Waals surface area (Å²) in [5.74, 6) is 3.35. The van der Waals surface area contributed by atoms with E-state index in [0.29, 0.717) is 34.9 Å². The maximum Gasteiger partial charge on any atom is 0.164 e. The standard InChI is InChI=1S/C48H30N6O/c1-4-14-32(15-5-1)43-49-44(33-16-6-2-7-17-33)52-47(51-43)38-21-10-11-22-39(38)48-53-45(34-18-8-3-9-19-34)50-46(54-48)35-26-24-31(25-27-35)36-28-29-42-40(30-36)37-20-12-13-23-41(37)55-42/h1-30H. The van der Waals surface area contributed by atoms with Gasteiger partial charge in [-0.25, -0.2) is 29.9 Å². The molecule has 0 spiro atoms. The van der Waals surface area contributed by atoms with Crippen LogP contribution in [0.15, 0.2) is 186 Å². The van der Waals surface area contributed by atoms with Gasteiger partial charge in [0.05, 0.1) is 0 Å². The fourth-order valence-corrected chi connectivity index (χ4v) is 6.86. The Kier molecular flexibility index (Phi) is 8.00. The Hall–Kier alpha value is -7.64. The van der Waals surface area contributed by atoms with Gasteiger partial charge < -0.3 is 4.42 Å². The molecule has 0 aliphatic heterocycles. The zero-order valence-electron chi connectivity index (χ0n) is 29.4. The molecule has 0 saturated carbocycles. The quantitative estimate of drug-likeness (QED) is 0.163. The van der Waals surface area contributed by atoms with Crippen molar-refractivity contribution in [3.63, 3.8) is 0 Å². The number of rotatable bonds is 7. The molecule has 55 heavy (non-hydrogen) atoms. The number of fused-ring (bicyclic) bond motifs is 3. The SMILES string of the molecule is c1ccc(-c2nc(-c3ccccc3)nc(-c3ccccc3-c3nc(-c4ccccc4)nc(-c4ccc(-c5ccc6oc7ccccc7c6c5)cc4)n3)n2)cc1. The minimum Gasteiger partial charge on any atom is -0.456 e. The lowest BCUT2D eigenvalue weighted by atomic mass is 10.0. The molecule has 3 aromatic heterocycles. The lowest BCUT2D eigenvalue weighted by Crippen LogP contribution is -2.03. The van der Waals surface area contributed by atoms with Crippen molar-refractivity contribution in [2.75, 3.05) is 0 Å². The molecular weight excluding hydrogens is 677 g/mol. The molecule has 0 saturated heterocycles. The zero-order valence-corrected chi connectivity index (χ0v) is 29.4. The third kappa shape index (κ3) is 6.19. The fourth-order valence-electron chi connectivity index (χ4n) is 6.86. The van der Waals surface area contributed by atoms with E-state index in [1.807, 2.05) is 140 Å². The summed E-state index contributed by atoms with van der Waals surface area (Å²) in [5, 5.41) is 2.20. The van der Waals surface area contributed by atoms with Crippen LogP contribution in [0.5, 0.6) is 0 Å². The number of para-hydroxylation sites is 1. The fraction of sp³-hybridized carbons (Fsp3) is 0. The van der Waals surface area contributed by atoms with Crippen molar-refractivity contribution in [1.82, 2.24) is 29.9 Å². The number of aromatic nitrogens is 6. The van der Waals surface area contributed by atoms with Crippen LogP contribution in [0.3, 0.4) is 0 Å². The smallest absolute Gasteiger partial charge is 0.164 e. The molecular formula is C48H30N6O. The first-order chi connectivity index (χ1) is 27.2. The Morgan fingerprint density at radius 3 is 1.13 bits per heavy atom. The van der Waals surface area contributed by atoms with Crippen molar-refractivity contribution >= 4 is 21.9 Å². The van der Waals surface area contributed by atoms with Crippen LogP contribution in [0, 0.1) is 0 Å². The molecule has 0 aliphatic rings. The first-order valence-electron chi connectivity index (χ1n) is 18.0. The Bertz CT molecular complexity index is 2910. The Balaban J connectivity index is 1.09. The predicted octanol–water partition coefficient (Wildman–Crippen LogP) is 11.6. The van der Waals surface area contributed by atoms with Gasteiger partial charge in [0.1, 0.15) is 11.2 Å². The van der Waals surface area contributed by atoms with Gasteiger partial charge in [0.25, 0.3) is 0 Å². The monoisotopic (exact) mass is 706 g/mol. The number of furan rings is 1. The Labute approximate surface area is 316 Å². The highest BCUT2D eigenvalue weighted by atomic mass is 16.3. The molecule has 10 rings (SSSR count). The highest BCUT2D eigenvalue weighted by Gasteiger charge is 2.19. The van der Waals surface area contributed by atoms with Crippen LogP contribution in [-0.2, 0) is 0 Å². The van der Waals surface area contributed by atoms with Crippen LogP contribution >= 0.6 is 0 Å². The van der Waals surface area contributed by atoms with E-state index in [9.17, 15) is 0 Å². The molecule has 0 unspecified atom stereocenters. The first kappa shape index (κ1) is 32.0. The Morgan fingerprint density at radius 2 is 0.618 bits per heavy atom. The van der Waals surface area contributed by atoms with Gasteiger partial charge in [0.2, 0.25) is 0 Å². The van der Waals surface area contributed by atoms with Crippen molar-refractivity contribution in [1.29, 1.82) is 0 Å². The summed E-state index contributed by atoms with van der Waals surface area (Å²) >= 11 is 0. The maximum atomic E-state index is 6.07. The molecule has 0 bridgehead atoms. The molecule has 0 radical (unpaired) electrons. The highest BCUT2D eigenvalue weighted by molar-refractivity contribution is 6.06.